The maximum absolute atomic E-state index is 12.7. The van der Waals surface area contributed by atoms with Crippen LogP contribution in [-0.2, 0) is 0 Å². The summed E-state index contributed by atoms with van der Waals surface area (Å²) in [5, 5.41) is 1.17. The highest BCUT2D eigenvalue weighted by Gasteiger charge is 2.19. The van der Waals surface area contributed by atoms with Crippen molar-refractivity contribution < 1.29 is 4.79 Å². The van der Waals surface area contributed by atoms with Crippen LogP contribution in [0.1, 0.15) is 36.5 Å². The van der Waals surface area contributed by atoms with E-state index in [-0.39, 0.29) is 5.91 Å². The molecule has 0 bridgehead atoms. The number of carbonyl (C=O) groups is 1. The third kappa shape index (κ3) is 2.12. The zero-order chi connectivity index (χ0) is 13.4. The molecule has 0 spiro atoms. The number of hydrogen-bond acceptors (Lipinski definition) is 1. The highest BCUT2D eigenvalue weighted by atomic mass is 16.2. The first-order valence-corrected chi connectivity index (χ1v) is 6.99. The lowest BCUT2D eigenvalue weighted by atomic mass is 9.91. The van der Waals surface area contributed by atoms with Crippen molar-refractivity contribution in [1.29, 1.82) is 0 Å². The van der Waals surface area contributed by atoms with Gasteiger partial charge in [-0.15, -0.1) is 0 Å². The summed E-state index contributed by atoms with van der Waals surface area (Å²) >= 11 is 0. The van der Waals surface area contributed by atoms with Gasteiger partial charge in [-0.25, -0.2) is 0 Å². The van der Waals surface area contributed by atoms with Gasteiger partial charge in [0.15, 0.2) is 0 Å². The average molecular weight is 253 g/mol. The Morgan fingerprint density at radius 3 is 2.89 bits per heavy atom. The fourth-order valence-electron chi connectivity index (χ4n) is 2.98. The molecular weight excluding hydrogens is 234 g/mol. The van der Waals surface area contributed by atoms with Gasteiger partial charge in [-0.1, -0.05) is 31.2 Å². The molecule has 0 fully saturated rings. The SMILES string of the molecule is Cc1cn(C(=O)C2=CC(C)CCC2)c2ccccc12. The standard InChI is InChI=1S/C17H19NO/c1-12-6-5-7-14(10-12)17(19)18-11-13(2)15-8-3-4-9-16(15)18/h3-4,8-12H,5-7H2,1-2H3. The van der Waals surface area contributed by atoms with Gasteiger partial charge in [0.1, 0.15) is 0 Å². The predicted octanol–water partition coefficient (Wildman–Crippen LogP) is 4.34. The maximum atomic E-state index is 12.7. The third-order valence-corrected chi connectivity index (χ3v) is 4.00. The van der Waals surface area contributed by atoms with Crippen molar-refractivity contribution in [2.75, 3.05) is 0 Å². The summed E-state index contributed by atoms with van der Waals surface area (Å²) < 4.78 is 1.81. The number of benzene rings is 1. The molecule has 19 heavy (non-hydrogen) atoms. The van der Waals surface area contributed by atoms with Gasteiger partial charge in [0.2, 0.25) is 0 Å². The van der Waals surface area contributed by atoms with Crippen LogP contribution in [0, 0.1) is 12.8 Å². The Hall–Kier alpha value is -1.83. The Balaban J connectivity index is 2.07. The number of aromatic nitrogens is 1. The van der Waals surface area contributed by atoms with Crippen LogP contribution in [0.4, 0.5) is 0 Å². The predicted molar refractivity (Wildman–Crippen MR) is 78.4 cm³/mol. The molecule has 1 atom stereocenters. The van der Waals surface area contributed by atoms with Crippen LogP contribution in [0.5, 0.6) is 0 Å². The molecular formula is C17H19NO. The Morgan fingerprint density at radius 1 is 1.32 bits per heavy atom. The second kappa shape index (κ2) is 4.69. The summed E-state index contributed by atoms with van der Waals surface area (Å²) in [4.78, 5) is 12.7. The first-order chi connectivity index (χ1) is 9.16. The summed E-state index contributed by atoms with van der Waals surface area (Å²) in [5.41, 5.74) is 3.15. The Kier molecular flexibility index (Phi) is 3.02. The van der Waals surface area contributed by atoms with Crippen molar-refractivity contribution in [3.05, 3.63) is 47.7 Å². The molecule has 3 rings (SSSR count). The maximum Gasteiger partial charge on any atom is 0.257 e. The van der Waals surface area contributed by atoms with Crippen molar-refractivity contribution in [1.82, 2.24) is 4.57 Å². The molecule has 0 aliphatic heterocycles. The van der Waals surface area contributed by atoms with Gasteiger partial charge < -0.3 is 0 Å². The normalized spacial score (nSPS) is 19.5. The van der Waals surface area contributed by atoms with Crippen LogP contribution in [0.2, 0.25) is 0 Å². The van der Waals surface area contributed by atoms with E-state index in [0.29, 0.717) is 5.92 Å². The lowest BCUT2D eigenvalue weighted by molar-refractivity contribution is 0.0952. The molecule has 0 N–H and O–H groups in total. The third-order valence-electron chi connectivity index (χ3n) is 4.00. The van der Waals surface area contributed by atoms with Gasteiger partial charge in [0, 0.05) is 17.2 Å². The lowest BCUT2D eigenvalue weighted by Crippen LogP contribution is -2.16. The number of nitrogens with zero attached hydrogens (tertiary/aromatic N) is 1. The van der Waals surface area contributed by atoms with Gasteiger partial charge in [0.25, 0.3) is 5.91 Å². The molecule has 1 aliphatic rings. The second-order valence-corrected chi connectivity index (χ2v) is 5.57. The highest BCUT2D eigenvalue weighted by Crippen LogP contribution is 2.26. The van der Waals surface area contributed by atoms with E-state index in [2.05, 4.69) is 26.0 Å². The van der Waals surface area contributed by atoms with Crippen LogP contribution in [0.15, 0.2) is 42.1 Å². The van der Waals surface area contributed by atoms with Crippen molar-refractivity contribution in [2.45, 2.75) is 33.1 Å². The number of rotatable bonds is 1. The number of para-hydroxylation sites is 1. The van der Waals surface area contributed by atoms with Crippen LogP contribution < -0.4 is 0 Å². The Bertz CT molecular complexity index is 663. The van der Waals surface area contributed by atoms with Gasteiger partial charge in [-0.05, 0) is 43.7 Å². The zero-order valence-electron chi connectivity index (χ0n) is 11.5. The van der Waals surface area contributed by atoms with E-state index >= 15 is 0 Å². The van der Waals surface area contributed by atoms with E-state index in [4.69, 9.17) is 0 Å². The summed E-state index contributed by atoms with van der Waals surface area (Å²) in [6.07, 6.45) is 7.34. The molecule has 1 unspecified atom stereocenters. The van der Waals surface area contributed by atoms with Crippen molar-refractivity contribution in [3.63, 3.8) is 0 Å². The highest BCUT2D eigenvalue weighted by molar-refractivity contribution is 6.02. The van der Waals surface area contributed by atoms with Crippen LogP contribution in [-0.4, -0.2) is 10.5 Å². The van der Waals surface area contributed by atoms with E-state index in [1.165, 1.54) is 11.8 Å². The van der Waals surface area contributed by atoms with Crippen LogP contribution >= 0.6 is 0 Å². The minimum atomic E-state index is 0.149. The molecule has 0 saturated heterocycles. The van der Waals surface area contributed by atoms with E-state index < -0.39 is 0 Å². The monoisotopic (exact) mass is 253 g/mol. The molecule has 1 aliphatic carbocycles. The molecule has 98 valence electrons. The number of hydrogen-bond donors (Lipinski definition) is 0. The molecule has 0 saturated carbocycles. The first kappa shape index (κ1) is 12.2. The van der Waals surface area contributed by atoms with Crippen molar-refractivity contribution >= 4 is 16.8 Å². The molecule has 2 heteroatoms. The molecule has 0 radical (unpaired) electrons. The summed E-state index contributed by atoms with van der Waals surface area (Å²) in [6, 6.07) is 8.11. The minimum absolute atomic E-state index is 0.149. The minimum Gasteiger partial charge on any atom is -0.283 e. The Morgan fingerprint density at radius 2 is 2.11 bits per heavy atom. The summed E-state index contributed by atoms with van der Waals surface area (Å²) in [6.45, 7) is 4.25. The van der Waals surface area contributed by atoms with Gasteiger partial charge >= 0.3 is 0 Å². The average Bonchev–Trinajstić information content (AvgIpc) is 2.76. The molecule has 1 heterocycles. The van der Waals surface area contributed by atoms with Crippen LogP contribution in [0.3, 0.4) is 0 Å². The quantitative estimate of drug-likeness (QED) is 0.741. The van der Waals surface area contributed by atoms with Crippen molar-refractivity contribution in [3.8, 4) is 0 Å². The first-order valence-electron chi connectivity index (χ1n) is 6.99. The summed E-state index contributed by atoms with van der Waals surface area (Å²) in [5.74, 6) is 0.673. The smallest absolute Gasteiger partial charge is 0.257 e. The van der Waals surface area contributed by atoms with E-state index in [1.807, 2.05) is 29.0 Å². The molecule has 1 aromatic carbocycles. The number of allylic oxidation sites excluding steroid dienone is 2. The van der Waals surface area contributed by atoms with E-state index in [9.17, 15) is 4.79 Å². The molecule has 2 nitrogen and oxygen atoms in total. The topological polar surface area (TPSA) is 22.0 Å². The van der Waals surface area contributed by atoms with Gasteiger partial charge in [0.05, 0.1) is 5.52 Å². The molecule has 2 aromatic rings. The number of carbonyl (C=O) groups excluding carboxylic acids is 1. The fourth-order valence-corrected chi connectivity index (χ4v) is 2.98. The second-order valence-electron chi connectivity index (χ2n) is 5.57. The molecule has 1 aromatic heterocycles. The largest absolute Gasteiger partial charge is 0.283 e. The zero-order valence-corrected chi connectivity index (χ0v) is 11.5. The van der Waals surface area contributed by atoms with Gasteiger partial charge in [-0.2, -0.15) is 0 Å². The van der Waals surface area contributed by atoms with Gasteiger partial charge in [-0.3, -0.25) is 9.36 Å². The number of aryl methyl sites for hydroxylation is 1. The summed E-state index contributed by atoms with van der Waals surface area (Å²) in [7, 11) is 0. The number of fused-ring (bicyclic) bond motifs is 1. The lowest BCUT2D eigenvalue weighted by Gasteiger charge is -2.17. The fraction of sp³-hybridized carbons (Fsp3) is 0.353. The Labute approximate surface area is 113 Å². The van der Waals surface area contributed by atoms with E-state index in [0.717, 1.165) is 29.5 Å². The van der Waals surface area contributed by atoms with Crippen LogP contribution in [0.25, 0.3) is 10.9 Å². The van der Waals surface area contributed by atoms with E-state index in [1.54, 1.807) is 0 Å². The molecule has 0 amide bonds. The van der Waals surface area contributed by atoms with Crippen molar-refractivity contribution in [2.24, 2.45) is 5.92 Å².